The van der Waals surface area contributed by atoms with E-state index in [1.807, 2.05) is 91.0 Å². The van der Waals surface area contributed by atoms with Crippen LogP contribution in [0.1, 0.15) is 0 Å². The molecule has 1 nitrogen and oxygen atoms in total. The molecule has 0 aliphatic rings. The average molecular weight is 373 g/mol. The molecular formula is C20H18ClOPS. The zero-order valence-corrected chi connectivity index (χ0v) is 15.6. The van der Waals surface area contributed by atoms with Gasteiger partial charge in [0.2, 0.25) is 0 Å². The summed E-state index contributed by atoms with van der Waals surface area (Å²) in [5.74, 6) is 0.320. The Hall–Kier alpha value is -1.47. The van der Waals surface area contributed by atoms with Gasteiger partial charge in [0.1, 0.15) is 0 Å². The lowest BCUT2D eigenvalue weighted by molar-refractivity contribution is 0.586. The predicted octanol–water partition coefficient (Wildman–Crippen LogP) is 5.36. The second kappa shape index (κ2) is 8.07. The van der Waals surface area contributed by atoms with Crippen LogP contribution in [0, 0.1) is 0 Å². The summed E-state index contributed by atoms with van der Waals surface area (Å²) in [6, 6.07) is 29.4. The van der Waals surface area contributed by atoms with Crippen LogP contribution in [0.3, 0.4) is 0 Å². The maximum absolute atomic E-state index is 14.2. The van der Waals surface area contributed by atoms with Crippen LogP contribution in [-0.2, 0) is 4.57 Å². The second-order valence-electron chi connectivity index (χ2n) is 5.37. The minimum Gasteiger partial charge on any atom is -0.312 e. The Balaban J connectivity index is 2.08. The maximum atomic E-state index is 14.2. The molecule has 0 N–H and O–H groups in total. The van der Waals surface area contributed by atoms with Crippen molar-refractivity contribution in [2.75, 3.05) is 5.88 Å². The fraction of sp³-hybridized carbons (Fsp3) is 0.100. The Kier molecular flexibility index (Phi) is 5.84. The first-order chi connectivity index (χ1) is 11.7. The molecule has 0 saturated carbocycles. The Morgan fingerprint density at radius 1 is 0.750 bits per heavy atom. The minimum absolute atomic E-state index is 0.216. The van der Waals surface area contributed by atoms with Crippen molar-refractivity contribution in [3.8, 4) is 0 Å². The molecule has 4 heteroatoms. The minimum atomic E-state index is -2.87. The molecule has 1 unspecified atom stereocenters. The van der Waals surface area contributed by atoms with Gasteiger partial charge < -0.3 is 4.57 Å². The van der Waals surface area contributed by atoms with Gasteiger partial charge in [-0.25, -0.2) is 0 Å². The lowest BCUT2D eigenvalue weighted by Gasteiger charge is -2.27. The molecule has 0 aliphatic heterocycles. The van der Waals surface area contributed by atoms with Crippen molar-refractivity contribution in [2.45, 2.75) is 9.89 Å². The van der Waals surface area contributed by atoms with E-state index in [1.165, 1.54) is 0 Å². The summed E-state index contributed by atoms with van der Waals surface area (Å²) in [4.78, 5) is 0.863. The van der Waals surface area contributed by atoms with Crippen LogP contribution in [0.25, 0.3) is 0 Å². The van der Waals surface area contributed by atoms with Gasteiger partial charge in [-0.05, 0) is 12.1 Å². The zero-order valence-electron chi connectivity index (χ0n) is 13.1. The summed E-state index contributed by atoms with van der Waals surface area (Å²) in [6.07, 6.45) is 0. The van der Waals surface area contributed by atoms with Gasteiger partial charge in [0.25, 0.3) is 0 Å². The summed E-state index contributed by atoms with van der Waals surface area (Å²) in [6.45, 7) is 0. The van der Waals surface area contributed by atoms with Crippen molar-refractivity contribution in [1.29, 1.82) is 0 Å². The fourth-order valence-electron chi connectivity index (χ4n) is 2.64. The van der Waals surface area contributed by atoms with Crippen LogP contribution in [-0.4, -0.2) is 10.9 Å². The molecule has 122 valence electrons. The molecule has 0 amide bonds. The summed E-state index contributed by atoms with van der Waals surface area (Å²) >= 11 is 7.90. The maximum Gasteiger partial charge on any atom is 0.157 e. The van der Waals surface area contributed by atoms with Gasteiger partial charge in [-0.15, -0.1) is 23.4 Å². The number of hydrogen-bond donors (Lipinski definition) is 0. The molecular weight excluding hydrogens is 355 g/mol. The van der Waals surface area contributed by atoms with Crippen molar-refractivity contribution in [3.63, 3.8) is 0 Å². The third-order valence-corrected chi connectivity index (χ3v) is 9.85. The molecule has 1 atom stereocenters. The van der Waals surface area contributed by atoms with E-state index in [9.17, 15) is 4.57 Å². The first-order valence-corrected chi connectivity index (χ1v) is 10.9. The molecule has 0 aromatic heterocycles. The zero-order chi connectivity index (χ0) is 16.8. The molecule has 0 bridgehead atoms. The Morgan fingerprint density at radius 3 is 1.58 bits per heavy atom. The van der Waals surface area contributed by atoms with Crippen LogP contribution < -0.4 is 10.6 Å². The third kappa shape index (κ3) is 3.62. The topological polar surface area (TPSA) is 17.1 Å². The Bertz CT molecular complexity index is 765. The molecule has 0 radical (unpaired) electrons. The fourth-order valence-corrected chi connectivity index (χ4v) is 8.18. The first kappa shape index (κ1) is 17.4. The quantitative estimate of drug-likeness (QED) is 0.329. The van der Waals surface area contributed by atoms with E-state index in [0.29, 0.717) is 5.88 Å². The van der Waals surface area contributed by atoms with Gasteiger partial charge >= 0.3 is 0 Å². The van der Waals surface area contributed by atoms with E-state index in [1.54, 1.807) is 11.8 Å². The molecule has 3 aromatic rings. The standard InChI is InChI=1S/C20H18ClOPS/c21-16-20(24-19-14-8-3-9-15-19)23(22,17-10-4-1-5-11-17)18-12-6-2-7-13-18/h1-15,20H,16H2. The second-order valence-corrected chi connectivity index (χ2v) is 10.3. The molecule has 24 heavy (non-hydrogen) atoms. The lowest BCUT2D eigenvalue weighted by atomic mass is 10.4. The van der Waals surface area contributed by atoms with Crippen LogP contribution in [0.5, 0.6) is 0 Å². The van der Waals surface area contributed by atoms with E-state index >= 15 is 0 Å². The van der Waals surface area contributed by atoms with Gasteiger partial charge in [-0.2, -0.15) is 0 Å². The molecule has 0 saturated heterocycles. The van der Waals surface area contributed by atoms with Gasteiger partial charge in [-0.3, -0.25) is 0 Å². The Labute approximate surface area is 152 Å². The predicted molar refractivity (Wildman–Crippen MR) is 107 cm³/mol. The SMILES string of the molecule is O=P(c1ccccc1)(c1ccccc1)C(CCl)Sc1ccccc1. The average Bonchev–Trinajstić information content (AvgIpc) is 2.67. The molecule has 0 aliphatic carbocycles. The number of rotatable bonds is 6. The van der Waals surface area contributed by atoms with E-state index < -0.39 is 7.14 Å². The first-order valence-electron chi connectivity index (χ1n) is 7.74. The van der Waals surface area contributed by atoms with Crippen molar-refractivity contribution in [1.82, 2.24) is 0 Å². The van der Waals surface area contributed by atoms with Crippen molar-refractivity contribution < 1.29 is 4.57 Å². The normalized spacial score (nSPS) is 12.7. The van der Waals surface area contributed by atoms with E-state index in [4.69, 9.17) is 11.6 Å². The summed E-state index contributed by atoms with van der Waals surface area (Å²) in [5.41, 5.74) is 0. The van der Waals surface area contributed by atoms with Crippen molar-refractivity contribution in [3.05, 3.63) is 91.0 Å². The number of hydrogen-bond acceptors (Lipinski definition) is 2. The van der Waals surface area contributed by atoms with Crippen molar-refractivity contribution in [2.24, 2.45) is 0 Å². The summed E-state index contributed by atoms with van der Waals surface area (Å²) < 4.78 is 14.2. The number of halogens is 1. The van der Waals surface area contributed by atoms with Gasteiger partial charge in [0.15, 0.2) is 7.14 Å². The summed E-state index contributed by atoms with van der Waals surface area (Å²) in [7, 11) is -2.87. The van der Waals surface area contributed by atoms with Crippen LogP contribution in [0.2, 0.25) is 0 Å². The molecule has 3 rings (SSSR count). The number of thioether (sulfide) groups is 1. The third-order valence-electron chi connectivity index (χ3n) is 3.83. The van der Waals surface area contributed by atoms with Crippen LogP contribution in [0.15, 0.2) is 95.9 Å². The monoisotopic (exact) mass is 372 g/mol. The van der Waals surface area contributed by atoms with Gasteiger partial charge in [0.05, 0.1) is 4.99 Å². The largest absolute Gasteiger partial charge is 0.312 e. The number of benzene rings is 3. The highest BCUT2D eigenvalue weighted by atomic mass is 35.5. The summed E-state index contributed by atoms with van der Waals surface area (Å²) in [5, 5.41) is 1.70. The molecule has 0 heterocycles. The number of alkyl halides is 1. The van der Waals surface area contributed by atoms with E-state index in [2.05, 4.69) is 0 Å². The lowest BCUT2D eigenvalue weighted by Crippen LogP contribution is -2.25. The highest BCUT2D eigenvalue weighted by Gasteiger charge is 2.36. The molecule has 0 spiro atoms. The molecule has 3 aromatic carbocycles. The van der Waals surface area contributed by atoms with Gasteiger partial charge in [-0.1, -0.05) is 78.9 Å². The Morgan fingerprint density at radius 2 is 1.17 bits per heavy atom. The highest BCUT2D eigenvalue weighted by Crippen LogP contribution is 2.55. The van der Waals surface area contributed by atoms with Crippen LogP contribution in [0.4, 0.5) is 0 Å². The van der Waals surface area contributed by atoms with E-state index in [-0.39, 0.29) is 4.99 Å². The smallest absolute Gasteiger partial charge is 0.157 e. The van der Waals surface area contributed by atoms with E-state index in [0.717, 1.165) is 15.5 Å². The van der Waals surface area contributed by atoms with Crippen molar-refractivity contribution >= 4 is 41.1 Å². The van der Waals surface area contributed by atoms with Crippen LogP contribution >= 0.6 is 30.5 Å². The van der Waals surface area contributed by atoms with Gasteiger partial charge in [0, 0.05) is 21.4 Å². The highest BCUT2D eigenvalue weighted by molar-refractivity contribution is 8.09. The molecule has 0 fully saturated rings.